The van der Waals surface area contributed by atoms with E-state index in [1.54, 1.807) is 18.2 Å². The predicted molar refractivity (Wildman–Crippen MR) is 75.7 cm³/mol. The van der Waals surface area contributed by atoms with Crippen LogP contribution in [0.1, 0.15) is 44.0 Å². The van der Waals surface area contributed by atoms with Crippen LogP contribution in [0.3, 0.4) is 0 Å². The van der Waals surface area contributed by atoms with Crippen LogP contribution in [0.4, 0.5) is 5.69 Å². The molecule has 0 radical (unpaired) electrons. The van der Waals surface area contributed by atoms with Crippen LogP contribution in [0.2, 0.25) is 0 Å². The number of hydrogen-bond acceptors (Lipinski definition) is 3. The molecule has 0 heterocycles. The number of hydrogen-bond donors (Lipinski definition) is 1. The minimum absolute atomic E-state index is 0.0700. The fourth-order valence-electron chi connectivity index (χ4n) is 1.63. The number of ether oxygens (including phenoxy) is 1. The maximum atomic E-state index is 11.8. The number of rotatable bonds is 7. The van der Waals surface area contributed by atoms with E-state index in [4.69, 9.17) is 4.74 Å². The summed E-state index contributed by atoms with van der Waals surface area (Å²) < 4.78 is 5.56. The van der Waals surface area contributed by atoms with Gasteiger partial charge in [0, 0.05) is 12.0 Å². The van der Waals surface area contributed by atoms with Crippen LogP contribution in [0.25, 0.3) is 0 Å². The largest absolute Gasteiger partial charge is 0.491 e. The first kappa shape index (κ1) is 15.2. The van der Waals surface area contributed by atoms with Crippen molar-refractivity contribution in [3.8, 4) is 5.75 Å². The Labute approximate surface area is 114 Å². The van der Waals surface area contributed by atoms with Crippen molar-refractivity contribution in [2.75, 3.05) is 11.9 Å². The maximum Gasteiger partial charge on any atom is 0.224 e. The highest BCUT2D eigenvalue weighted by molar-refractivity contribution is 5.93. The lowest BCUT2D eigenvalue weighted by molar-refractivity contribution is -0.116. The monoisotopic (exact) mass is 263 g/mol. The lowest BCUT2D eigenvalue weighted by atomic mass is 10.1. The van der Waals surface area contributed by atoms with Crippen molar-refractivity contribution in [3.63, 3.8) is 0 Å². The minimum Gasteiger partial charge on any atom is -0.491 e. The summed E-state index contributed by atoms with van der Waals surface area (Å²) in [5.41, 5.74) is 1.08. The van der Waals surface area contributed by atoms with Gasteiger partial charge < -0.3 is 10.1 Å². The fraction of sp³-hybridized carbons (Fsp3) is 0.467. The smallest absolute Gasteiger partial charge is 0.224 e. The molecule has 0 spiro atoms. The van der Waals surface area contributed by atoms with Crippen molar-refractivity contribution < 1.29 is 14.3 Å². The van der Waals surface area contributed by atoms with Crippen molar-refractivity contribution in [1.29, 1.82) is 0 Å². The van der Waals surface area contributed by atoms with E-state index in [-0.39, 0.29) is 11.8 Å². The minimum atomic E-state index is -0.0700. The summed E-state index contributed by atoms with van der Waals surface area (Å²) in [6.07, 6.45) is 2.08. The molecule has 0 aliphatic carbocycles. The zero-order chi connectivity index (χ0) is 14.3. The molecule has 104 valence electrons. The molecule has 0 saturated heterocycles. The molecule has 0 atom stereocenters. The maximum absolute atomic E-state index is 11.8. The first-order chi connectivity index (χ1) is 9.06. The van der Waals surface area contributed by atoms with Gasteiger partial charge in [-0.3, -0.25) is 9.59 Å². The van der Waals surface area contributed by atoms with Gasteiger partial charge in [-0.2, -0.15) is 0 Å². The Morgan fingerprint density at radius 1 is 1.42 bits per heavy atom. The van der Waals surface area contributed by atoms with Gasteiger partial charge in [0.2, 0.25) is 5.91 Å². The van der Waals surface area contributed by atoms with Crippen molar-refractivity contribution in [3.05, 3.63) is 23.8 Å². The van der Waals surface area contributed by atoms with Gasteiger partial charge in [0.05, 0.1) is 12.3 Å². The third-order valence-electron chi connectivity index (χ3n) is 2.47. The van der Waals surface area contributed by atoms with Crippen molar-refractivity contribution in [2.45, 2.75) is 33.6 Å². The van der Waals surface area contributed by atoms with Crippen molar-refractivity contribution in [2.24, 2.45) is 5.92 Å². The summed E-state index contributed by atoms with van der Waals surface area (Å²) in [5.74, 6) is 0.818. The first-order valence-corrected chi connectivity index (χ1v) is 6.58. The van der Waals surface area contributed by atoms with E-state index < -0.39 is 0 Å². The SMILES string of the molecule is CCCOc1ccc(C=O)cc1NC(=O)CC(C)C. The standard InChI is InChI=1S/C15H21NO3/c1-4-7-19-14-6-5-12(10-17)9-13(14)16-15(18)8-11(2)3/h5-6,9-11H,4,7-8H2,1-3H3,(H,16,18). The highest BCUT2D eigenvalue weighted by Crippen LogP contribution is 2.26. The molecule has 0 saturated carbocycles. The third kappa shape index (κ3) is 5.12. The normalized spacial score (nSPS) is 10.3. The molecule has 0 aromatic heterocycles. The van der Waals surface area contributed by atoms with Crippen LogP contribution in [-0.2, 0) is 4.79 Å². The Morgan fingerprint density at radius 3 is 2.74 bits per heavy atom. The Morgan fingerprint density at radius 2 is 2.16 bits per heavy atom. The summed E-state index contributed by atoms with van der Waals surface area (Å²) in [6, 6.07) is 5.02. The number of aldehydes is 1. The van der Waals surface area contributed by atoms with E-state index in [2.05, 4.69) is 5.32 Å². The zero-order valence-electron chi connectivity index (χ0n) is 11.7. The molecule has 0 unspecified atom stereocenters. The predicted octanol–water partition coefficient (Wildman–Crippen LogP) is 3.27. The number of benzene rings is 1. The second kappa shape index (κ2) is 7.56. The van der Waals surface area contributed by atoms with Crippen LogP contribution >= 0.6 is 0 Å². The van der Waals surface area contributed by atoms with Crippen LogP contribution in [0, 0.1) is 5.92 Å². The summed E-state index contributed by atoms with van der Waals surface area (Å²) >= 11 is 0. The molecule has 1 aromatic carbocycles. The number of anilines is 1. The van der Waals surface area contributed by atoms with E-state index in [1.807, 2.05) is 20.8 Å². The Balaban J connectivity index is 2.87. The first-order valence-electron chi connectivity index (χ1n) is 6.58. The molecular formula is C15H21NO3. The molecule has 0 fully saturated rings. The van der Waals surface area contributed by atoms with Gasteiger partial charge in [-0.1, -0.05) is 20.8 Å². The molecule has 1 aromatic rings. The molecule has 0 bridgehead atoms. The van der Waals surface area contributed by atoms with Gasteiger partial charge in [-0.05, 0) is 30.5 Å². The van der Waals surface area contributed by atoms with Gasteiger partial charge in [0.25, 0.3) is 0 Å². The zero-order valence-corrected chi connectivity index (χ0v) is 11.7. The lowest BCUT2D eigenvalue weighted by Gasteiger charge is -2.13. The van der Waals surface area contributed by atoms with Gasteiger partial charge in [-0.25, -0.2) is 0 Å². The van der Waals surface area contributed by atoms with E-state index in [9.17, 15) is 9.59 Å². The molecule has 4 heteroatoms. The molecule has 1 amide bonds. The van der Waals surface area contributed by atoms with E-state index in [1.165, 1.54) is 0 Å². The fourth-order valence-corrected chi connectivity index (χ4v) is 1.63. The highest BCUT2D eigenvalue weighted by Gasteiger charge is 2.10. The number of nitrogens with one attached hydrogen (secondary N) is 1. The topological polar surface area (TPSA) is 55.4 Å². The second-order valence-corrected chi connectivity index (χ2v) is 4.87. The number of carbonyl (C=O) groups excluding carboxylic acids is 2. The summed E-state index contributed by atoms with van der Waals surface area (Å²) in [6.45, 7) is 6.55. The molecule has 0 aliphatic rings. The van der Waals surface area contributed by atoms with Crippen molar-refractivity contribution >= 4 is 17.9 Å². The lowest BCUT2D eigenvalue weighted by Crippen LogP contribution is -2.15. The molecular weight excluding hydrogens is 242 g/mol. The van der Waals surface area contributed by atoms with Crippen LogP contribution < -0.4 is 10.1 Å². The number of amides is 1. The molecule has 1 rings (SSSR count). The third-order valence-corrected chi connectivity index (χ3v) is 2.47. The average molecular weight is 263 g/mol. The van der Waals surface area contributed by atoms with E-state index in [0.717, 1.165) is 12.7 Å². The van der Waals surface area contributed by atoms with Crippen LogP contribution in [0.15, 0.2) is 18.2 Å². The Hall–Kier alpha value is -1.84. The van der Waals surface area contributed by atoms with E-state index in [0.29, 0.717) is 30.0 Å². The van der Waals surface area contributed by atoms with Crippen LogP contribution in [0.5, 0.6) is 5.75 Å². The van der Waals surface area contributed by atoms with Crippen molar-refractivity contribution in [1.82, 2.24) is 0 Å². The van der Waals surface area contributed by atoms with Crippen LogP contribution in [-0.4, -0.2) is 18.8 Å². The summed E-state index contributed by atoms with van der Waals surface area (Å²) in [4.78, 5) is 22.6. The molecule has 0 aliphatic heterocycles. The Bertz CT molecular complexity index is 441. The van der Waals surface area contributed by atoms with E-state index >= 15 is 0 Å². The van der Waals surface area contributed by atoms with Gasteiger partial charge >= 0.3 is 0 Å². The van der Waals surface area contributed by atoms with Gasteiger partial charge in [-0.15, -0.1) is 0 Å². The second-order valence-electron chi connectivity index (χ2n) is 4.87. The molecule has 19 heavy (non-hydrogen) atoms. The highest BCUT2D eigenvalue weighted by atomic mass is 16.5. The summed E-state index contributed by atoms with van der Waals surface area (Å²) in [5, 5.41) is 2.80. The average Bonchev–Trinajstić information content (AvgIpc) is 2.36. The number of carbonyl (C=O) groups is 2. The molecule has 1 N–H and O–H groups in total. The summed E-state index contributed by atoms with van der Waals surface area (Å²) in [7, 11) is 0. The Kier molecular flexibility index (Phi) is 6.06. The quantitative estimate of drug-likeness (QED) is 0.768. The molecule has 4 nitrogen and oxygen atoms in total. The van der Waals surface area contributed by atoms with Gasteiger partial charge in [0.15, 0.2) is 0 Å². The van der Waals surface area contributed by atoms with Gasteiger partial charge in [0.1, 0.15) is 12.0 Å².